The molecule has 0 aromatic heterocycles. The molecule has 50 heavy (non-hydrogen) atoms. The van der Waals surface area contributed by atoms with Gasteiger partial charge in [0.1, 0.15) is 22.6 Å². The van der Waals surface area contributed by atoms with Gasteiger partial charge in [-0.2, -0.15) is 0 Å². The Bertz CT molecular complexity index is 1640. The first-order valence-electron chi connectivity index (χ1n) is 17.8. The van der Waals surface area contributed by atoms with Gasteiger partial charge in [0.25, 0.3) is 0 Å². The van der Waals surface area contributed by atoms with Crippen LogP contribution in [0.25, 0.3) is 5.57 Å². The van der Waals surface area contributed by atoms with Crippen LogP contribution in [0.1, 0.15) is 110 Å². The smallest absolute Gasteiger partial charge is 0.339 e. The molecule has 7 N–H and O–H groups in total. The van der Waals surface area contributed by atoms with Gasteiger partial charge >= 0.3 is 11.9 Å². The molecular formula is C39H48Cl2O9. The number of benzene rings is 2. The Balaban J connectivity index is 1.29. The average molecular weight is 732 g/mol. The zero-order chi connectivity index (χ0) is 36.4. The summed E-state index contributed by atoms with van der Waals surface area (Å²) in [5, 5.41) is 73.7. The van der Waals surface area contributed by atoms with Crippen LogP contribution < -0.4 is 0 Å². The summed E-state index contributed by atoms with van der Waals surface area (Å²) in [5.74, 6) is -2.86. The van der Waals surface area contributed by atoms with E-state index < -0.39 is 46.8 Å². The standard InChI is InChI=1S/C39H48Cl2O9/c1-18(26-7-8-27-33-28(17-32(44)39(26,27)3)38(2)10-9-22(42)15-21(38)16-31(33)43)5-4-6-23(19-11-24(36(47)48)34(45)29(40)13-19)20-12-25(37(49)50)35(46)30(41)14-20/h6,11-14,18,21-22,26-28,31-33,42-46H,4-5,7-10,15-17H2,1-3H3,(H,47,48)(H,49,50)/t18-,21+,22-,26-,27?,28?,31?,32+,33?,38+,39-/m1/s1. The van der Waals surface area contributed by atoms with Crippen LogP contribution in [0.2, 0.25) is 10.0 Å². The van der Waals surface area contributed by atoms with Gasteiger partial charge in [-0.15, -0.1) is 0 Å². The third-order valence-corrected chi connectivity index (χ3v) is 14.3. The highest BCUT2D eigenvalue weighted by molar-refractivity contribution is 6.33. The van der Waals surface area contributed by atoms with Crippen molar-refractivity contribution in [2.45, 2.75) is 96.9 Å². The van der Waals surface area contributed by atoms with Crippen molar-refractivity contribution in [1.82, 2.24) is 0 Å². The molecule has 4 aliphatic rings. The van der Waals surface area contributed by atoms with Gasteiger partial charge in [-0.05, 0) is 145 Å². The normalized spacial score (nSPS) is 35.4. The molecule has 0 aliphatic heterocycles. The van der Waals surface area contributed by atoms with Crippen molar-refractivity contribution < 1.29 is 45.3 Å². The molecular weight excluding hydrogens is 683 g/mol. The first kappa shape index (κ1) is 37.0. The Labute approximate surface area is 302 Å². The van der Waals surface area contributed by atoms with Crippen molar-refractivity contribution in [3.8, 4) is 11.5 Å². The molecule has 11 atom stereocenters. The van der Waals surface area contributed by atoms with Gasteiger partial charge in [0.2, 0.25) is 0 Å². The van der Waals surface area contributed by atoms with Crippen LogP contribution in [0, 0.1) is 46.3 Å². The van der Waals surface area contributed by atoms with E-state index in [1.165, 1.54) is 24.3 Å². The van der Waals surface area contributed by atoms with Crippen molar-refractivity contribution >= 4 is 40.7 Å². The first-order valence-corrected chi connectivity index (χ1v) is 18.5. The number of aromatic hydroxyl groups is 2. The monoisotopic (exact) mass is 730 g/mol. The molecule has 4 unspecified atom stereocenters. The topological polar surface area (TPSA) is 176 Å². The van der Waals surface area contributed by atoms with Crippen molar-refractivity contribution in [3.05, 3.63) is 62.6 Å². The second-order valence-corrected chi connectivity index (χ2v) is 16.8. The molecule has 11 heteroatoms. The Morgan fingerprint density at radius 2 is 1.44 bits per heavy atom. The highest BCUT2D eigenvalue weighted by Gasteiger charge is 2.65. The lowest BCUT2D eigenvalue weighted by atomic mass is 9.43. The van der Waals surface area contributed by atoms with Crippen LogP contribution in [-0.4, -0.2) is 66.0 Å². The number of aromatic carboxylic acids is 2. The number of fused-ring (bicyclic) bond motifs is 5. The van der Waals surface area contributed by atoms with Gasteiger partial charge in [0.15, 0.2) is 0 Å². The molecule has 6 rings (SSSR count). The van der Waals surface area contributed by atoms with Gasteiger partial charge in [-0.3, -0.25) is 0 Å². The van der Waals surface area contributed by atoms with Crippen LogP contribution >= 0.6 is 23.2 Å². The molecule has 0 amide bonds. The van der Waals surface area contributed by atoms with Gasteiger partial charge in [0, 0.05) is 0 Å². The summed E-state index contributed by atoms with van der Waals surface area (Å²) in [5.41, 5.74) is -0.137. The Morgan fingerprint density at radius 3 is 2.00 bits per heavy atom. The van der Waals surface area contributed by atoms with Crippen LogP contribution in [0.5, 0.6) is 11.5 Å². The number of aliphatic hydroxyl groups is 3. The predicted octanol–water partition coefficient (Wildman–Crippen LogP) is 7.61. The Morgan fingerprint density at radius 1 is 0.860 bits per heavy atom. The van der Waals surface area contributed by atoms with Crippen LogP contribution in [0.4, 0.5) is 0 Å². The van der Waals surface area contributed by atoms with E-state index in [4.69, 9.17) is 23.2 Å². The zero-order valence-corrected chi connectivity index (χ0v) is 30.2. The number of carbonyl (C=O) groups is 2. The van der Waals surface area contributed by atoms with Crippen LogP contribution in [0.3, 0.4) is 0 Å². The fourth-order valence-corrected chi connectivity index (χ4v) is 11.5. The summed E-state index contributed by atoms with van der Waals surface area (Å²) in [6, 6.07) is 5.35. The number of halogens is 2. The van der Waals surface area contributed by atoms with E-state index in [1.54, 1.807) is 0 Å². The minimum Gasteiger partial charge on any atom is -0.505 e. The van der Waals surface area contributed by atoms with Crippen molar-refractivity contribution in [2.24, 2.45) is 46.3 Å². The van der Waals surface area contributed by atoms with Gasteiger partial charge in [-0.25, -0.2) is 9.59 Å². The number of allylic oxidation sites excluding steroid dienone is 1. The van der Waals surface area contributed by atoms with Crippen LogP contribution in [-0.2, 0) is 0 Å². The molecule has 4 aliphatic carbocycles. The van der Waals surface area contributed by atoms with Crippen molar-refractivity contribution in [3.63, 3.8) is 0 Å². The third kappa shape index (κ3) is 6.11. The number of aliphatic hydroxyl groups excluding tert-OH is 3. The summed E-state index contributed by atoms with van der Waals surface area (Å²) in [4.78, 5) is 23.9. The molecule has 4 saturated carbocycles. The lowest BCUT2D eigenvalue weighted by Gasteiger charge is -2.63. The summed E-state index contributed by atoms with van der Waals surface area (Å²) in [6.07, 6.45) is 7.36. The van der Waals surface area contributed by atoms with E-state index in [-0.39, 0.29) is 62.5 Å². The molecule has 2 aromatic rings. The van der Waals surface area contributed by atoms with E-state index in [2.05, 4.69) is 20.8 Å². The van der Waals surface area contributed by atoms with Gasteiger partial charge < -0.3 is 35.7 Å². The SMILES string of the molecule is C[C@H](CCC=C(c1cc(Cl)c(O)c(C(=O)O)c1)c1cc(Cl)c(O)c(C(=O)O)c1)[C@H]1CCC2C3C(O)C[C@@H]4C[C@H](O)CC[C@]4(C)C3C[C@H](O)[C@@]21C. The van der Waals surface area contributed by atoms with E-state index in [9.17, 15) is 45.3 Å². The average Bonchev–Trinajstić information content (AvgIpc) is 3.41. The summed E-state index contributed by atoms with van der Waals surface area (Å²) >= 11 is 12.5. The van der Waals surface area contributed by atoms with Crippen LogP contribution in [0.15, 0.2) is 30.3 Å². The zero-order valence-electron chi connectivity index (χ0n) is 28.6. The molecule has 0 heterocycles. The number of rotatable bonds is 8. The molecule has 272 valence electrons. The lowest BCUT2D eigenvalue weighted by molar-refractivity contribution is -0.207. The summed E-state index contributed by atoms with van der Waals surface area (Å²) in [6.45, 7) is 6.71. The molecule has 9 nitrogen and oxygen atoms in total. The van der Waals surface area contributed by atoms with Gasteiger partial charge in [-0.1, -0.05) is 50.0 Å². The second kappa shape index (κ2) is 13.6. The number of hydrogen-bond acceptors (Lipinski definition) is 7. The molecule has 0 bridgehead atoms. The van der Waals surface area contributed by atoms with E-state index in [1.807, 2.05) is 6.08 Å². The summed E-state index contributed by atoms with van der Waals surface area (Å²) in [7, 11) is 0. The molecule has 0 radical (unpaired) electrons. The molecule has 0 saturated heterocycles. The fourth-order valence-electron chi connectivity index (χ4n) is 11.1. The quantitative estimate of drug-likeness (QED) is 0.144. The minimum atomic E-state index is -1.39. The first-order chi connectivity index (χ1) is 23.5. The molecule has 0 spiro atoms. The Kier molecular flexibility index (Phi) is 10.1. The maximum absolute atomic E-state index is 12.0. The number of carboxylic acid groups (broad SMARTS) is 2. The maximum Gasteiger partial charge on any atom is 0.339 e. The second-order valence-electron chi connectivity index (χ2n) is 16.0. The highest BCUT2D eigenvalue weighted by atomic mass is 35.5. The van der Waals surface area contributed by atoms with Crippen molar-refractivity contribution in [1.29, 1.82) is 0 Å². The third-order valence-electron chi connectivity index (χ3n) is 13.7. The number of carboxylic acids is 2. The van der Waals surface area contributed by atoms with E-state index in [0.717, 1.165) is 25.7 Å². The highest BCUT2D eigenvalue weighted by Crippen LogP contribution is 2.68. The Hall–Kier alpha value is -2.82. The maximum atomic E-state index is 12.0. The predicted molar refractivity (Wildman–Crippen MR) is 190 cm³/mol. The van der Waals surface area contributed by atoms with E-state index in [0.29, 0.717) is 48.8 Å². The van der Waals surface area contributed by atoms with Gasteiger partial charge in [0.05, 0.1) is 28.4 Å². The molecule has 4 fully saturated rings. The number of hydrogen-bond donors (Lipinski definition) is 7. The van der Waals surface area contributed by atoms with Crippen molar-refractivity contribution in [2.75, 3.05) is 0 Å². The lowest BCUT2D eigenvalue weighted by Crippen LogP contribution is -2.62. The fraction of sp³-hybridized carbons (Fsp3) is 0.590. The van der Waals surface area contributed by atoms with E-state index >= 15 is 0 Å². The molecule has 2 aromatic carbocycles. The number of phenols is 2. The minimum absolute atomic E-state index is 0.00834. The largest absolute Gasteiger partial charge is 0.505 e. The summed E-state index contributed by atoms with van der Waals surface area (Å²) < 4.78 is 0.